The van der Waals surface area contributed by atoms with Gasteiger partial charge in [-0.15, -0.1) is 0 Å². The summed E-state index contributed by atoms with van der Waals surface area (Å²) in [6.07, 6.45) is 1.86. The third-order valence-corrected chi connectivity index (χ3v) is 3.16. The molecular weight excluding hydrogens is 226 g/mol. The average molecular weight is 239 g/mol. The van der Waals surface area contributed by atoms with Crippen molar-refractivity contribution in [2.24, 2.45) is 7.05 Å². The fourth-order valence-corrected chi connectivity index (χ4v) is 2.09. The molecule has 0 N–H and O–H groups in total. The Kier molecular flexibility index (Phi) is 2.30. The molecule has 0 fully saturated rings. The van der Waals surface area contributed by atoms with Gasteiger partial charge in [0.15, 0.2) is 6.20 Å². The van der Waals surface area contributed by atoms with Crippen molar-refractivity contribution in [2.75, 3.05) is 0 Å². The second kappa shape index (κ2) is 3.84. The Balaban J connectivity index is 2.28. The van der Waals surface area contributed by atoms with Crippen molar-refractivity contribution in [1.29, 1.82) is 0 Å². The largest absolute Gasteiger partial charge is 0.842 e. The first kappa shape index (κ1) is 10.8. The second-order valence-corrected chi connectivity index (χ2v) is 4.33. The van der Waals surface area contributed by atoms with Crippen LogP contribution in [-0.4, -0.2) is 9.38 Å². The lowest BCUT2D eigenvalue weighted by Crippen LogP contribution is -2.28. The van der Waals surface area contributed by atoms with E-state index in [-0.39, 0.29) is 5.88 Å². The van der Waals surface area contributed by atoms with E-state index in [0.717, 1.165) is 11.4 Å². The molecule has 0 amide bonds. The van der Waals surface area contributed by atoms with Gasteiger partial charge in [0, 0.05) is 12.5 Å². The minimum atomic E-state index is -0.0445. The summed E-state index contributed by atoms with van der Waals surface area (Å²) in [4.78, 5) is 4.53. The first-order valence-electron chi connectivity index (χ1n) is 5.78. The van der Waals surface area contributed by atoms with Gasteiger partial charge in [-0.1, -0.05) is 30.3 Å². The molecule has 2 heterocycles. The van der Waals surface area contributed by atoms with E-state index in [4.69, 9.17) is 0 Å². The smallest absolute Gasteiger partial charge is 0.265 e. The molecule has 1 aromatic carbocycles. The number of imidazole rings is 1. The van der Waals surface area contributed by atoms with Gasteiger partial charge in [-0.05, 0) is 6.07 Å². The van der Waals surface area contributed by atoms with E-state index in [2.05, 4.69) is 4.98 Å². The van der Waals surface area contributed by atoms with Crippen LogP contribution in [0.1, 0.15) is 5.82 Å². The fraction of sp³-hybridized carbons (Fsp3) is 0.143. The van der Waals surface area contributed by atoms with E-state index in [1.165, 1.54) is 0 Å². The second-order valence-electron chi connectivity index (χ2n) is 4.33. The minimum absolute atomic E-state index is 0.0445. The van der Waals surface area contributed by atoms with Gasteiger partial charge in [0.05, 0.1) is 18.6 Å². The summed E-state index contributed by atoms with van der Waals surface area (Å²) in [5.41, 5.74) is 2.35. The highest BCUT2D eigenvalue weighted by atomic mass is 16.3. The highest BCUT2D eigenvalue weighted by molar-refractivity contribution is 5.62. The summed E-state index contributed by atoms with van der Waals surface area (Å²) in [5, 5.41) is 12.1. The maximum atomic E-state index is 12.1. The Hall–Kier alpha value is -2.36. The van der Waals surface area contributed by atoms with E-state index in [1.807, 2.05) is 55.1 Å². The van der Waals surface area contributed by atoms with E-state index >= 15 is 0 Å². The third-order valence-electron chi connectivity index (χ3n) is 3.16. The van der Waals surface area contributed by atoms with Crippen LogP contribution in [0.4, 0.5) is 0 Å². The molecule has 0 saturated carbocycles. The topological polar surface area (TPSA) is 44.2 Å². The number of hydrogen-bond acceptors (Lipinski definition) is 2. The van der Waals surface area contributed by atoms with Gasteiger partial charge >= 0.3 is 0 Å². The zero-order chi connectivity index (χ0) is 12.7. The van der Waals surface area contributed by atoms with E-state index in [9.17, 15) is 5.11 Å². The van der Waals surface area contributed by atoms with Crippen molar-refractivity contribution in [3.05, 3.63) is 48.4 Å². The molecule has 18 heavy (non-hydrogen) atoms. The Morgan fingerprint density at radius 2 is 1.94 bits per heavy atom. The zero-order valence-electron chi connectivity index (χ0n) is 10.3. The zero-order valence-corrected chi connectivity index (χ0v) is 10.3. The number of fused-ring (bicyclic) bond motifs is 1. The molecule has 0 aliphatic carbocycles. The highest BCUT2D eigenvalue weighted by Gasteiger charge is 2.14. The summed E-state index contributed by atoms with van der Waals surface area (Å²) in [6, 6.07) is 11.3. The van der Waals surface area contributed by atoms with Crippen molar-refractivity contribution >= 4 is 5.65 Å². The summed E-state index contributed by atoms with van der Waals surface area (Å²) >= 11 is 0. The van der Waals surface area contributed by atoms with Gasteiger partial charge in [0.1, 0.15) is 0 Å². The molecule has 0 radical (unpaired) electrons. The molecule has 3 rings (SSSR count). The lowest BCUT2D eigenvalue weighted by atomic mass is 10.1. The molecule has 0 atom stereocenters. The third kappa shape index (κ3) is 1.54. The van der Waals surface area contributed by atoms with Crippen molar-refractivity contribution in [2.45, 2.75) is 6.92 Å². The van der Waals surface area contributed by atoms with Gasteiger partial charge in [-0.2, -0.15) is 4.40 Å². The first-order chi connectivity index (χ1) is 8.66. The van der Waals surface area contributed by atoms with Gasteiger partial charge in [-0.3, -0.25) is 0 Å². The van der Waals surface area contributed by atoms with Gasteiger partial charge in [0.25, 0.3) is 11.5 Å². The number of aromatic nitrogens is 3. The normalized spacial score (nSPS) is 11.0. The lowest BCUT2D eigenvalue weighted by Gasteiger charge is -2.07. The highest BCUT2D eigenvalue weighted by Crippen LogP contribution is 2.21. The van der Waals surface area contributed by atoms with E-state index in [1.54, 1.807) is 10.5 Å². The number of rotatable bonds is 1. The standard InChI is InChI=1S/C14H13N3O/c1-10-16(2)9-13-15-12(8-14(18)17(10)13)11-6-4-3-5-7-11/h3-9H,1-2H3. The van der Waals surface area contributed by atoms with Crippen LogP contribution in [0.25, 0.3) is 16.9 Å². The minimum Gasteiger partial charge on any atom is -0.842 e. The molecule has 0 aliphatic heterocycles. The maximum Gasteiger partial charge on any atom is 0.265 e. The van der Waals surface area contributed by atoms with Gasteiger partial charge in [0.2, 0.25) is 0 Å². The monoisotopic (exact) mass is 239 g/mol. The molecule has 3 aromatic rings. The fourth-order valence-electron chi connectivity index (χ4n) is 2.09. The quantitative estimate of drug-likeness (QED) is 0.599. The van der Waals surface area contributed by atoms with Crippen LogP contribution in [0.15, 0.2) is 42.6 Å². The van der Waals surface area contributed by atoms with Crippen LogP contribution >= 0.6 is 0 Å². The molecule has 0 bridgehead atoms. The number of nitrogens with zero attached hydrogens (tertiary/aromatic N) is 3. The Labute approximate surface area is 105 Å². The van der Waals surface area contributed by atoms with Crippen LogP contribution in [-0.2, 0) is 7.05 Å². The predicted octanol–water partition coefficient (Wildman–Crippen LogP) is 1.21. The van der Waals surface area contributed by atoms with Crippen molar-refractivity contribution in [3.8, 4) is 17.1 Å². The van der Waals surface area contributed by atoms with E-state index < -0.39 is 0 Å². The molecule has 0 spiro atoms. The van der Waals surface area contributed by atoms with Crippen LogP contribution in [0.3, 0.4) is 0 Å². The molecular formula is C14H13N3O. The van der Waals surface area contributed by atoms with Crippen molar-refractivity contribution in [3.63, 3.8) is 0 Å². The summed E-state index contributed by atoms with van der Waals surface area (Å²) < 4.78 is 3.52. The molecule has 0 aliphatic rings. The molecule has 0 saturated heterocycles. The van der Waals surface area contributed by atoms with Gasteiger partial charge < -0.3 is 5.11 Å². The van der Waals surface area contributed by atoms with Crippen LogP contribution in [0, 0.1) is 6.92 Å². The van der Waals surface area contributed by atoms with Gasteiger partial charge in [-0.25, -0.2) is 9.55 Å². The van der Waals surface area contributed by atoms with Crippen LogP contribution in [0.5, 0.6) is 5.88 Å². The SMILES string of the molecule is Cc1n2c([O-])cc(-c3ccccc3)nc2c[n+]1C. The van der Waals surface area contributed by atoms with Crippen molar-refractivity contribution in [1.82, 2.24) is 9.38 Å². The molecule has 90 valence electrons. The number of hydrogen-bond donors (Lipinski definition) is 0. The van der Waals surface area contributed by atoms with Crippen LogP contribution in [0.2, 0.25) is 0 Å². The van der Waals surface area contributed by atoms with Crippen LogP contribution < -0.4 is 9.67 Å². The molecule has 0 unspecified atom stereocenters. The lowest BCUT2D eigenvalue weighted by molar-refractivity contribution is -0.676. The Bertz CT molecular complexity index is 717. The summed E-state index contributed by atoms with van der Waals surface area (Å²) in [5.74, 6) is 0.832. The summed E-state index contributed by atoms with van der Waals surface area (Å²) in [6.45, 7) is 1.90. The first-order valence-corrected chi connectivity index (χ1v) is 5.78. The Morgan fingerprint density at radius 3 is 2.67 bits per heavy atom. The number of benzene rings is 1. The number of aryl methyl sites for hydroxylation is 2. The maximum absolute atomic E-state index is 12.1. The average Bonchev–Trinajstić information content (AvgIpc) is 2.66. The summed E-state index contributed by atoms with van der Waals surface area (Å²) in [7, 11) is 1.91. The van der Waals surface area contributed by atoms with Crippen molar-refractivity contribution < 1.29 is 9.67 Å². The van der Waals surface area contributed by atoms with E-state index in [0.29, 0.717) is 11.3 Å². The molecule has 4 nitrogen and oxygen atoms in total. The molecule has 4 heteroatoms. The predicted molar refractivity (Wildman–Crippen MR) is 66.0 cm³/mol. The molecule has 2 aromatic heterocycles. The Morgan fingerprint density at radius 1 is 1.22 bits per heavy atom.